The van der Waals surface area contributed by atoms with E-state index >= 15 is 0 Å². The molecule has 21 heavy (non-hydrogen) atoms. The van der Waals surface area contributed by atoms with Crippen molar-refractivity contribution < 1.29 is 4.79 Å². The molecule has 1 aromatic carbocycles. The molecule has 0 aliphatic heterocycles. The molecule has 112 valence electrons. The fraction of sp³-hybridized carbons (Fsp3) is 0.611. The molecule has 5 rings (SSSR count). The maximum absolute atomic E-state index is 12.5. The molecular weight excluding hydrogens is 282 g/mol. The molecule has 1 aromatic rings. The molecule has 0 radical (unpaired) electrons. The van der Waals surface area contributed by atoms with Crippen LogP contribution in [-0.4, -0.2) is 11.4 Å². The predicted molar refractivity (Wildman–Crippen MR) is 84.2 cm³/mol. The number of benzene rings is 1. The lowest BCUT2D eigenvalue weighted by Gasteiger charge is -2.56. The molecular formula is C18H22ClNO. The van der Waals surface area contributed by atoms with Crippen LogP contribution in [0.25, 0.3) is 0 Å². The van der Waals surface area contributed by atoms with Crippen LogP contribution in [0.15, 0.2) is 24.3 Å². The van der Waals surface area contributed by atoms with E-state index in [0.29, 0.717) is 11.4 Å². The summed E-state index contributed by atoms with van der Waals surface area (Å²) in [6.07, 6.45) is 8.29. The van der Waals surface area contributed by atoms with Crippen LogP contribution in [0.4, 0.5) is 0 Å². The normalized spacial score (nSPS) is 36.7. The summed E-state index contributed by atoms with van der Waals surface area (Å²) in [4.78, 5) is 12.5. The van der Waals surface area contributed by atoms with Crippen molar-refractivity contribution in [3.8, 4) is 0 Å². The van der Waals surface area contributed by atoms with E-state index in [1.165, 1.54) is 38.5 Å². The minimum Gasteiger partial charge on any atom is -0.350 e. The second-order valence-electron chi connectivity index (χ2n) is 7.55. The van der Waals surface area contributed by atoms with Crippen molar-refractivity contribution in [1.29, 1.82) is 0 Å². The zero-order valence-corrected chi connectivity index (χ0v) is 13.0. The first-order valence-corrected chi connectivity index (χ1v) is 8.53. The molecule has 0 atom stereocenters. The molecule has 0 aromatic heterocycles. The Morgan fingerprint density at radius 1 is 1.14 bits per heavy atom. The Labute approximate surface area is 131 Å². The highest BCUT2D eigenvalue weighted by Gasteiger charge is 2.51. The van der Waals surface area contributed by atoms with Gasteiger partial charge < -0.3 is 5.32 Å². The third-order valence-electron chi connectivity index (χ3n) is 5.70. The van der Waals surface area contributed by atoms with Gasteiger partial charge >= 0.3 is 0 Å². The number of hydrogen-bond donors (Lipinski definition) is 1. The van der Waals surface area contributed by atoms with E-state index in [1.54, 1.807) is 0 Å². The zero-order valence-electron chi connectivity index (χ0n) is 12.3. The van der Waals surface area contributed by atoms with Crippen LogP contribution >= 0.6 is 11.6 Å². The van der Waals surface area contributed by atoms with Crippen LogP contribution < -0.4 is 5.32 Å². The van der Waals surface area contributed by atoms with Gasteiger partial charge in [-0.05, 0) is 74.0 Å². The van der Waals surface area contributed by atoms with Crippen LogP contribution in [0.2, 0.25) is 5.02 Å². The Balaban J connectivity index is 1.45. The predicted octanol–water partition coefficient (Wildman–Crippen LogP) is 3.97. The maximum atomic E-state index is 12.5. The Hall–Kier alpha value is -1.02. The third-order valence-corrected chi connectivity index (χ3v) is 5.93. The van der Waals surface area contributed by atoms with Crippen molar-refractivity contribution in [2.24, 2.45) is 17.8 Å². The standard InChI is InChI=1S/C18H22ClNO/c19-16-3-1-2-12(7-16)8-17(21)20-18-9-13-4-14(10-18)6-15(5-13)11-18/h1-3,7,13-15H,4-6,8-11H2,(H,20,21). The van der Waals surface area contributed by atoms with Gasteiger partial charge in [0.1, 0.15) is 0 Å². The molecule has 4 aliphatic rings. The molecule has 0 saturated heterocycles. The van der Waals surface area contributed by atoms with Gasteiger partial charge in [0.05, 0.1) is 6.42 Å². The summed E-state index contributed by atoms with van der Waals surface area (Å²) in [5.41, 5.74) is 1.12. The first-order valence-electron chi connectivity index (χ1n) is 8.16. The Kier molecular flexibility index (Phi) is 3.25. The van der Waals surface area contributed by atoms with Crippen LogP contribution in [0.3, 0.4) is 0 Å². The van der Waals surface area contributed by atoms with Crippen LogP contribution in [0.5, 0.6) is 0 Å². The number of amides is 1. The maximum Gasteiger partial charge on any atom is 0.224 e. The van der Waals surface area contributed by atoms with Crippen LogP contribution in [0.1, 0.15) is 44.1 Å². The molecule has 1 amide bonds. The number of nitrogens with one attached hydrogen (secondary N) is 1. The van der Waals surface area contributed by atoms with Gasteiger partial charge in [0.25, 0.3) is 0 Å². The second kappa shape index (κ2) is 5.01. The fourth-order valence-corrected chi connectivity index (χ4v) is 5.65. The molecule has 0 heterocycles. The van der Waals surface area contributed by atoms with Crippen LogP contribution in [-0.2, 0) is 11.2 Å². The average Bonchev–Trinajstić information content (AvgIpc) is 2.35. The molecule has 1 N–H and O–H groups in total. The highest BCUT2D eigenvalue weighted by molar-refractivity contribution is 6.30. The summed E-state index contributed by atoms with van der Waals surface area (Å²) in [6, 6.07) is 7.63. The second-order valence-corrected chi connectivity index (χ2v) is 7.99. The molecule has 4 bridgehead atoms. The van der Waals surface area contributed by atoms with Crippen molar-refractivity contribution in [3.05, 3.63) is 34.9 Å². The lowest BCUT2D eigenvalue weighted by molar-refractivity contribution is -0.126. The van der Waals surface area contributed by atoms with E-state index in [9.17, 15) is 4.79 Å². The van der Waals surface area contributed by atoms with Gasteiger partial charge in [-0.1, -0.05) is 23.7 Å². The van der Waals surface area contributed by atoms with Crippen molar-refractivity contribution >= 4 is 17.5 Å². The summed E-state index contributed by atoms with van der Waals surface area (Å²) >= 11 is 6.00. The quantitative estimate of drug-likeness (QED) is 0.899. The minimum atomic E-state index is 0.115. The monoisotopic (exact) mass is 303 g/mol. The summed E-state index contributed by atoms with van der Waals surface area (Å²) in [5.74, 6) is 2.76. The highest BCUT2D eigenvalue weighted by atomic mass is 35.5. The number of rotatable bonds is 3. The van der Waals surface area contributed by atoms with E-state index in [4.69, 9.17) is 11.6 Å². The smallest absolute Gasteiger partial charge is 0.224 e. The minimum absolute atomic E-state index is 0.115. The molecule has 4 saturated carbocycles. The summed E-state index contributed by atoms with van der Waals surface area (Å²) in [7, 11) is 0. The van der Waals surface area contributed by atoms with Gasteiger partial charge in [-0.3, -0.25) is 4.79 Å². The molecule has 4 aliphatic carbocycles. The average molecular weight is 304 g/mol. The highest BCUT2D eigenvalue weighted by Crippen LogP contribution is 2.55. The summed E-state index contributed by atoms with van der Waals surface area (Å²) < 4.78 is 0. The largest absolute Gasteiger partial charge is 0.350 e. The third kappa shape index (κ3) is 2.70. The van der Waals surface area contributed by atoms with Gasteiger partial charge in [-0.2, -0.15) is 0 Å². The Morgan fingerprint density at radius 3 is 2.33 bits per heavy atom. The number of carbonyl (C=O) groups excluding carboxylic acids is 1. The first kappa shape index (κ1) is 13.6. The molecule has 0 unspecified atom stereocenters. The molecule has 3 heteroatoms. The van der Waals surface area contributed by atoms with Gasteiger partial charge in [0, 0.05) is 10.6 Å². The van der Waals surface area contributed by atoms with Crippen molar-refractivity contribution in [1.82, 2.24) is 5.32 Å². The fourth-order valence-electron chi connectivity index (χ4n) is 5.44. The van der Waals surface area contributed by atoms with Gasteiger partial charge in [0.15, 0.2) is 0 Å². The Morgan fingerprint density at radius 2 is 1.76 bits per heavy atom. The van der Waals surface area contributed by atoms with E-state index < -0.39 is 0 Å². The number of halogens is 1. The topological polar surface area (TPSA) is 29.1 Å². The van der Waals surface area contributed by atoms with Gasteiger partial charge in [0.2, 0.25) is 5.91 Å². The lowest BCUT2D eigenvalue weighted by atomic mass is 9.53. The van der Waals surface area contributed by atoms with E-state index in [-0.39, 0.29) is 11.4 Å². The van der Waals surface area contributed by atoms with Crippen molar-refractivity contribution in [2.45, 2.75) is 50.5 Å². The summed E-state index contributed by atoms with van der Waals surface area (Å²) in [6.45, 7) is 0. The van der Waals surface area contributed by atoms with Gasteiger partial charge in [-0.15, -0.1) is 0 Å². The zero-order chi connectivity index (χ0) is 14.4. The van der Waals surface area contributed by atoms with Crippen molar-refractivity contribution in [3.63, 3.8) is 0 Å². The molecule has 4 fully saturated rings. The van der Waals surface area contributed by atoms with Crippen molar-refractivity contribution in [2.75, 3.05) is 0 Å². The number of carbonyl (C=O) groups is 1. The van der Waals surface area contributed by atoms with E-state index in [0.717, 1.165) is 23.3 Å². The van der Waals surface area contributed by atoms with Gasteiger partial charge in [-0.25, -0.2) is 0 Å². The first-order chi connectivity index (χ1) is 10.1. The Bertz CT molecular complexity index is 533. The number of hydrogen-bond acceptors (Lipinski definition) is 1. The molecule has 0 spiro atoms. The van der Waals surface area contributed by atoms with Crippen LogP contribution in [0, 0.1) is 17.8 Å². The summed E-state index contributed by atoms with van der Waals surface area (Å²) in [5, 5.41) is 4.11. The van der Waals surface area contributed by atoms with E-state index in [2.05, 4.69) is 5.32 Å². The molecule has 2 nitrogen and oxygen atoms in total. The SMILES string of the molecule is O=C(Cc1cccc(Cl)c1)NC12CC3CC(CC(C3)C1)C2. The van der Waals surface area contributed by atoms with E-state index in [1.807, 2.05) is 24.3 Å². The lowest BCUT2D eigenvalue weighted by Crippen LogP contribution is -2.60.